The van der Waals surface area contributed by atoms with Crippen LogP contribution in [0.2, 0.25) is 0 Å². The van der Waals surface area contributed by atoms with Crippen molar-refractivity contribution in [2.24, 2.45) is 5.92 Å². The number of aryl methyl sites for hydroxylation is 1. The molecule has 1 aliphatic heterocycles. The van der Waals surface area contributed by atoms with Gasteiger partial charge in [-0.15, -0.1) is 11.3 Å². The molecule has 1 aromatic heterocycles. The van der Waals surface area contributed by atoms with Crippen LogP contribution in [0, 0.1) is 12.8 Å². The summed E-state index contributed by atoms with van der Waals surface area (Å²) >= 11 is 4.81. The molecule has 3 amide bonds. The second-order valence-corrected chi connectivity index (χ2v) is 8.63. The first-order chi connectivity index (χ1) is 13.4. The summed E-state index contributed by atoms with van der Waals surface area (Å²) in [5, 5.41) is 7.40. The predicted molar refractivity (Wildman–Crippen MR) is 113 cm³/mol. The lowest BCUT2D eigenvalue weighted by Crippen LogP contribution is -2.44. The molecule has 6 nitrogen and oxygen atoms in total. The van der Waals surface area contributed by atoms with Gasteiger partial charge < -0.3 is 15.5 Å². The Morgan fingerprint density at radius 2 is 1.96 bits per heavy atom. The van der Waals surface area contributed by atoms with Gasteiger partial charge in [-0.1, -0.05) is 22.0 Å². The van der Waals surface area contributed by atoms with Gasteiger partial charge in [0.2, 0.25) is 11.8 Å². The molecule has 1 aromatic carbocycles. The van der Waals surface area contributed by atoms with Crippen LogP contribution in [-0.2, 0) is 9.59 Å². The molecule has 0 atom stereocenters. The molecule has 8 heteroatoms. The SMILES string of the molecule is Cc1cc(Br)ccc1NC(=O)CNC(=O)C1CCN(C(=O)c2cccs2)CC1. The molecule has 3 rings (SSSR count). The number of nitrogens with one attached hydrogen (secondary N) is 2. The molecule has 0 aliphatic carbocycles. The number of amides is 3. The minimum atomic E-state index is -0.260. The van der Waals surface area contributed by atoms with E-state index in [0.29, 0.717) is 25.9 Å². The summed E-state index contributed by atoms with van der Waals surface area (Å²) in [7, 11) is 0. The van der Waals surface area contributed by atoms with Crippen molar-refractivity contribution in [1.82, 2.24) is 10.2 Å². The summed E-state index contributed by atoms with van der Waals surface area (Å²) < 4.78 is 0.945. The maximum Gasteiger partial charge on any atom is 0.263 e. The average Bonchev–Trinajstić information content (AvgIpc) is 3.22. The number of halogens is 1. The number of benzene rings is 1. The molecule has 2 N–H and O–H groups in total. The van der Waals surface area contributed by atoms with Crippen LogP contribution in [0.1, 0.15) is 28.1 Å². The molecule has 2 heterocycles. The molecule has 1 aliphatic rings. The Morgan fingerprint density at radius 3 is 2.61 bits per heavy atom. The summed E-state index contributed by atoms with van der Waals surface area (Å²) in [6.07, 6.45) is 1.22. The van der Waals surface area contributed by atoms with Crippen LogP contribution in [0.25, 0.3) is 0 Å². The van der Waals surface area contributed by atoms with Gasteiger partial charge in [0, 0.05) is 29.2 Å². The third-order valence-electron chi connectivity index (χ3n) is 4.77. The number of nitrogens with zero attached hydrogens (tertiary/aromatic N) is 1. The molecule has 1 saturated heterocycles. The minimum absolute atomic E-state index is 0.0260. The summed E-state index contributed by atoms with van der Waals surface area (Å²) in [5.41, 5.74) is 1.67. The van der Waals surface area contributed by atoms with Crippen molar-refractivity contribution in [2.75, 3.05) is 25.0 Å². The van der Waals surface area contributed by atoms with E-state index in [1.165, 1.54) is 11.3 Å². The van der Waals surface area contributed by atoms with Crippen molar-refractivity contribution in [1.29, 1.82) is 0 Å². The molecule has 28 heavy (non-hydrogen) atoms. The Morgan fingerprint density at radius 1 is 1.21 bits per heavy atom. The standard InChI is InChI=1S/C20H22BrN3O3S/c1-13-11-15(21)4-5-16(13)23-18(25)12-22-19(26)14-6-8-24(9-7-14)20(27)17-3-2-10-28-17/h2-5,10-11,14H,6-9,12H2,1H3,(H,22,26)(H,23,25). The normalized spacial score (nSPS) is 14.6. The molecule has 0 spiro atoms. The number of piperidine rings is 1. The Bertz CT molecular complexity index is 862. The number of hydrogen-bond donors (Lipinski definition) is 2. The average molecular weight is 464 g/mol. The summed E-state index contributed by atoms with van der Waals surface area (Å²) in [5.74, 6) is -0.539. The lowest BCUT2D eigenvalue weighted by Gasteiger charge is -2.31. The number of carbonyl (C=O) groups is 3. The zero-order valence-corrected chi connectivity index (χ0v) is 17.9. The van der Waals surface area contributed by atoms with E-state index in [1.54, 1.807) is 4.90 Å². The number of rotatable bonds is 5. The second-order valence-electron chi connectivity index (χ2n) is 6.77. The molecule has 2 aromatic rings. The molecule has 0 unspecified atom stereocenters. The highest BCUT2D eigenvalue weighted by Crippen LogP contribution is 2.21. The van der Waals surface area contributed by atoms with E-state index in [-0.39, 0.29) is 30.2 Å². The van der Waals surface area contributed by atoms with E-state index in [4.69, 9.17) is 0 Å². The van der Waals surface area contributed by atoms with Gasteiger partial charge in [0.1, 0.15) is 0 Å². The first-order valence-corrected chi connectivity index (χ1v) is 10.8. The van der Waals surface area contributed by atoms with Crippen LogP contribution >= 0.6 is 27.3 Å². The van der Waals surface area contributed by atoms with E-state index in [2.05, 4.69) is 26.6 Å². The first kappa shape index (κ1) is 20.5. The third kappa shape index (κ3) is 5.20. The largest absolute Gasteiger partial charge is 0.347 e. The monoisotopic (exact) mass is 463 g/mol. The van der Waals surface area contributed by atoms with Gasteiger partial charge in [-0.25, -0.2) is 0 Å². The number of hydrogen-bond acceptors (Lipinski definition) is 4. The van der Waals surface area contributed by atoms with Crippen molar-refractivity contribution < 1.29 is 14.4 Å². The minimum Gasteiger partial charge on any atom is -0.347 e. The Labute approximate surface area is 176 Å². The van der Waals surface area contributed by atoms with Crippen LogP contribution in [-0.4, -0.2) is 42.3 Å². The van der Waals surface area contributed by atoms with E-state index < -0.39 is 0 Å². The predicted octanol–water partition coefficient (Wildman–Crippen LogP) is 3.43. The third-order valence-corrected chi connectivity index (χ3v) is 6.12. The van der Waals surface area contributed by atoms with Crippen molar-refractivity contribution in [3.05, 3.63) is 50.6 Å². The maximum atomic E-state index is 12.4. The number of thiophene rings is 1. The fourth-order valence-electron chi connectivity index (χ4n) is 3.17. The lowest BCUT2D eigenvalue weighted by atomic mass is 9.96. The Hall–Kier alpha value is -2.19. The van der Waals surface area contributed by atoms with Gasteiger partial charge in [0.15, 0.2) is 0 Å². The van der Waals surface area contributed by atoms with Gasteiger partial charge in [0.25, 0.3) is 5.91 Å². The van der Waals surface area contributed by atoms with Crippen molar-refractivity contribution in [3.8, 4) is 0 Å². The number of likely N-dealkylation sites (tertiary alicyclic amines) is 1. The highest BCUT2D eigenvalue weighted by molar-refractivity contribution is 9.10. The van der Waals surface area contributed by atoms with E-state index >= 15 is 0 Å². The van der Waals surface area contributed by atoms with Crippen LogP contribution < -0.4 is 10.6 Å². The quantitative estimate of drug-likeness (QED) is 0.712. The molecular formula is C20H22BrN3O3S. The van der Waals surface area contributed by atoms with Crippen LogP contribution in [0.4, 0.5) is 5.69 Å². The smallest absolute Gasteiger partial charge is 0.263 e. The van der Waals surface area contributed by atoms with E-state index in [1.807, 2.05) is 42.6 Å². The van der Waals surface area contributed by atoms with Gasteiger partial charge in [-0.3, -0.25) is 14.4 Å². The summed E-state index contributed by atoms with van der Waals surface area (Å²) in [6.45, 7) is 2.95. The molecule has 0 bridgehead atoms. The van der Waals surface area contributed by atoms with Crippen LogP contribution in [0.5, 0.6) is 0 Å². The van der Waals surface area contributed by atoms with Crippen molar-refractivity contribution >= 4 is 50.7 Å². The van der Waals surface area contributed by atoms with Crippen molar-refractivity contribution in [2.45, 2.75) is 19.8 Å². The first-order valence-electron chi connectivity index (χ1n) is 9.10. The van der Waals surface area contributed by atoms with Gasteiger partial charge in [-0.2, -0.15) is 0 Å². The molecular weight excluding hydrogens is 442 g/mol. The van der Waals surface area contributed by atoms with Crippen molar-refractivity contribution in [3.63, 3.8) is 0 Å². The summed E-state index contributed by atoms with van der Waals surface area (Å²) in [6, 6.07) is 9.27. The van der Waals surface area contributed by atoms with Crippen LogP contribution in [0.3, 0.4) is 0 Å². The number of anilines is 1. The second kappa shape index (κ2) is 9.34. The molecule has 148 valence electrons. The zero-order chi connectivity index (χ0) is 20.1. The summed E-state index contributed by atoms with van der Waals surface area (Å²) in [4.78, 5) is 39.4. The highest BCUT2D eigenvalue weighted by atomic mass is 79.9. The van der Waals surface area contributed by atoms with E-state index in [0.717, 1.165) is 20.6 Å². The fourth-order valence-corrected chi connectivity index (χ4v) is 4.34. The van der Waals surface area contributed by atoms with Crippen LogP contribution in [0.15, 0.2) is 40.2 Å². The molecule has 0 saturated carbocycles. The van der Waals surface area contributed by atoms with Gasteiger partial charge in [-0.05, 0) is 55.0 Å². The van der Waals surface area contributed by atoms with E-state index in [9.17, 15) is 14.4 Å². The fraction of sp³-hybridized carbons (Fsp3) is 0.350. The topological polar surface area (TPSA) is 78.5 Å². The maximum absolute atomic E-state index is 12.4. The van der Waals surface area contributed by atoms with Gasteiger partial charge >= 0.3 is 0 Å². The van der Waals surface area contributed by atoms with Gasteiger partial charge in [0.05, 0.1) is 11.4 Å². The Balaban J connectivity index is 1.43. The number of carbonyl (C=O) groups excluding carboxylic acids is 3. The lowest BCUT2D eigenvalue weighted by molar-refractivity contribution is -0.128. The Kier molecular flexibility index (Phi) is 6.85. The highest BCUT2D eigenvalue weighted by Gasteiger charge is 2.28. The molecule has 0 radical (unpaired) electrons. The zero-order valence-electron chi connectivity index (χ0n) is 15.5. The molecule has 1 fully saturated rings.